The zero-order chi connectivity index (χ0) is 16.3. The first kappa shape index (κ1) is 16.0. The van der Waals surface area contributed by atoms with Crippen LogP contribution in [-0.4, -0.2) is 21.0 Å². The lowest BCUT2D eigenvalue weighted by molar-refractivity contribution is 0.246. The van der Waals surface area contributed by atoms with Crippen LogP contribution in [0.1, 0.15) is 18.9 Å². The Morgan fingerprint density at radius 1 is 1.27 bits per heavy atom. The minimum atomic E-state index is -4.05. The lowest BCUT2D eigenvalue weighted by Gasteiger charge is -2.10. The molecule has 7 nitrogen and oxygen atoms in total. The minimum Gasteiger partial charge on any atom is -0.423 e. The fourth-order valence-corrected chi connectivity index (χ4v) is 3.12. The van der Waals surface area contributed by atoms with E-state index >= 15 is 0 Å². The van der Waals surface area contributed by atoms with Crippen molar-refractivity contribution in [1.29, 1.82) is 0 Å². The number of hydrogen-bond donors (Lipinski definition) is 2. The molecule has 22 heavy (non-hydrogen) atoms. The van der Waals surface area contributed by atoms with Gasteiger partial charge in [0, 0.05) is 24.1 Å². The van der Waals surface area contributed by atoms with Gasteiger partial charge in [-0.3, -0.25) is 0 Å². The van der Waals surface area contributed by atoms with Crippen molar-refractivity contribution in [2.45, 2.75) is 25.2 Å². The van der Waals surface area contributed by atoms with E-state index < -0.39 is 21.7 Å². The monoisotopic (exact) mass is 324 g/mol. The Balaban J connectivity index is 2.42. The molecule has 0 saturated carbocycles. The summed E-state index contributed by atoms with van der Waals surface area (Å²) in [6, 6.07) is 4.83. The highest BCUT2D eigenvalue weighted by molar-refractivity contribution is 7.90. The second-order valence-electron chi connectivity index (χ2n) is 4.77. The molecular formula is C14H16N2O5S. The van der Waals surface area contributed by atoms with Gasteiger partial charge < -0.3 is 9.73 Å². The third-order valence-corrected chi connectivity index (χ3v) is 4.44. The summed E-state index contributed by atoms with van der Waals surface area (Å²) in [7, 11) is -4.05. The van der Waals surface area contributed by atoms with E-state index in [0.29, 0.717) is 23.9 Å². The predicted octanol–water partition coefficient (Wildman–Crippen LogP) is 1.50. The SMILES string of the molecule is CCCNC(=O)NS(=O)(=O)c1cc2oc(=O)ccc2cc1C. The fraction of sp³-hybridized carbons (Fsp3) is 0.286. The number of sulfonamides is 1. The zero-order valence-corrected chi connectivity index (χ0v) is 13.0. The first-order valence-electron chi connectivity index (χ1n) is 6.68. The molecular weight excluding hydrogens is 308 g/mol. The summed E-state index contributed by atoms with van der Waals surface area (Å²) in [5, 5.41) is 3.02. The third-order valence-electron chi connectivity index (χ3n) is 2.97. The maximum absolute atomic E-state index is 12.3. The van der Waals surface area contributed by atoms with E-state index in [-0.39, 0.29) is 10.5 Å². The fourth-order valence-electron chi connectivity index (χ4n) is 1.95. The normalized spacial score (nSPS) is 11.4. The van der Waals surface area contributed by atoms with E-state index in [1.165, 1.54) is 12.1 Å². The van der Waals surface area contributed by atoms with Crippen LogP contribution in [-0.2, 0) is 10.0 Å². The number of hydrogen-bond acceptors (Lipinski definition) is 5. The lowest BCUT2D eigenvalue weighted by atomic mass is 10.1. The Morgan fingerprint density at radius 2 is 2.00 bits per heavy atom. The summed E-state index contributed by atoms with van der Waals surface area (Å²) in [5.74, 6) is 0. The van der Waals surface area contributed by atoms with Crippen molar-refractivity contribution in [3.05, 3.63) is 40.2 Å². The van der Waals surface area contributed by atoms with E-state index in [1.54, 1.807) is 19.1 Å². The summed E-state index contributed by atoms with van der Waals surface area (Å²) in [6.07, 6.45) is 0.688. The van der Waals surface area contributed by atoms with E-state index in [0.717, 1.165) is 0 Å². The molecule has 2 aromatic rings. The number of aryl methyl sites for hydroxylation is 1. The molecule has 0 saturated heterocycles. The highest BCUT2D eigenvalue weighted by atomic mass is 32.2. The molecule has 2 N–H and O–H groups in total. The van der Waals surface area contributed by atoms with Crippen LogP contribution in [0.3, 0.4) is 0 Å². The molecule has 2 rings (SSSR count). The molecule has 1 aromatic carbocycles. The largest absolute Gasteiger partial charge is 0.423 e. The van der Waals surface area contributed by atoms with Crippen molar-refractivity contribution in [2.75, 3.05) is 6.54 Å². The number of benzene rings is 1. The van der Waals surface area contributed by atoms with Gasteiger partial charge in [0.05, 0.1) is 4.90 Å². The van der Waals surface area contributed by atoms with Gasteiger partial charge in [0.2, 0.25) is 0 Å². The Bertz CT molecular complexity index is 870. The van der Waals surface area contributed by atoms with Gasteiger partial charge in [0.1, 0.15) is 5.58 Å². The van der Waals surface area contributed by atoms with Gasteiger partial charge in [-0.05, 0) is 31.0 Å². The van der Waals surface area contributed by atoms with Crippen molar-refractivity contribution in [2.24, 2.45) is 0 Å². The molecule has 1 heterocycles. The number of nitrogens with one attached hydrogen (secondary N) is 2. The molecule has 0 aliphatic heterocycles. The van der Waals surface area contributed by atoms with Crippen molar-refractivity contribution in [3.8, 4) is 0 Å². The molecule has 0 unspecified atom stereocenters. The quantitative estimate of drug-likeness (QED) is 0.829. The maximum atomic E-state index is 12.3. The van der Waals surface area contributed by atoms with Gasteiger partial charge in [-0.1, -0.05) is 6.92 Å². The zero-order valence-electron chi connectivity index (χ0n) is 12.2. The molecule has 0 bridgehead atoms. The number of carbonyl (C=O) groups excluding carboxylic acids is 1. The smallest absolute Gasteiger partial charge is 0.336 e. The highest BCUT2D eigenvalue weighted by Crippen LogP contribution is 2.22. The molecule has 0 fully saturated rings. The molecule has 0 radical (unpaired) electrons. The standard InChI is InChI=1S/C14H16N2O5S/c1-3-6-15-14(18)16-22(19,20)12-8-11-10(7-9(12)2)4-5-13(17)21-11/h4-5,7-8H,3,6H2,1-2H3,(H2,15,16,18). The summed E-state index contributed by atoms with van der Waals surface area (Å²) in [6.45, 7) is 3.82. The van der Waals surface area contributed by atoms with Gasteiger partial charge in [0.25, 0.3) is 10.0 Å². The van der Waals surface area contributed by atoms with E-state index in [1.807, 2.05) is 11.6 Å². The minimum absolute atomic E-state index is 0.110. The molecule has 0 aliphatic rings. The van der Waals surface area contributed by atoms with Crippen molar-refractivity contribution in [3.63, 3.8) is 0 Å². The molecule has 118 valence electrons. The molecule has 2 amide bonds. The van der Waals surface area contributed by atoms with Crippen LogP contribution in [0.15, 0.2) is 38.4 Å². The average molecular weight is 324 g/mol. The molecule has 0 atom stereocenters. The number of amides is 2. The number of carbonyl (C=O) groups is 1. The van der Waals surface area contributed by atoms with Crippen LogP contribution in [0.5, 0.6) is 0 Å². The summed E-state index contributed by atoms with van der Waals surface area (Å²) >= 11 is 0. The van der Waals surface area contributed by atoms with Crippen LogP contribution in [0, 0.1) is 6.92 Å². The van der Waals surface area contributed by atoms with E-state index in [2.05, 4.69) is 5.32 Å². The van der Waals surface area contributed by atoms with Crippen molar-refractivity contribution < 1.29 is 17.6 Å². The number of rotatable bonds is 4. The Labute approximate surface area is 127 Å². The van der Waals surface area contributed by atoms with Gasteiger partial charge in [-0.15, -0.1) is 0 Å². The molecule has 0 aliphatic carbocycles. The van der Waals surface area contributed by atoms with Gasteiger partial charge >= 0.3 is 11.7 Å². The van der Waals surface area contributed by atoms with Gasteiger partial charge in [-0.25, -0.2) is 22.7 Å². The topological polar surface area (TPSA) is 105 Å². The Hall–Kier alpha value is -2.35. The molecule has 8 heteroatoms. The lowest BCUT2D eigenvalue weighted by Crippen LogP contribution is -2.39. The number of urea groups is 1. The second kappa shape index (κ2) is 6.18. The highest BCUT2D eigenvalue weighted by Gasteiger charge is 2.20. The first-order chi connectivity index (χ1) is 10.3. The maximum Gasteiger partial charge on any atom is 0.336 e. The van der Waals surface area contributed by atoms with Crippen LogP contribution in [0.25, 0.3) is 11.0 Å². The Kier molecular flexibility index (Phi) is 4.51. The predicted molar refractivity (Wildman–Crippen MR) is 81.2 cm³/mol. The van der Waals surface area contributed by atoms with Crippen molar-refractivity contribution >= 4 is 27.0 Å². The molecule has 0 spiro atoms. The second-order valence-corrected chi connectivity index (χ2v) is 6.42. The average Bonchev–Trinajstić information content (AvgIpc) is 2.44. The third kappa shape index (κ3) is 3.45. The molecule has 1 aromatic heterocycles. The van der Waals surface area contributed by atoms with Gasteiger partial charge in [0.15, 0.2) is 0 Å². The van der Waals surface area contributed by atoms with Crippen LogP contribution in [0.4, 0.5) is 4.79 Å². The number of fused-ring (bicyclic) bond motifs is 1. The van der Waals surface area contributed by atoms with Crippen LogP contribution < -0.4 is 15.7 Å². The van der Waals surface area contributed by atoms with Crippen molar-refractivity contribution in [1.82, 2.24) is 10.0 Å². The summed E-state index contributed by atoms with van der Waals surface area (Å²) in [4.78, 5) is 22.7. The Morgan fingerprint density at radius 3 is 2.68 bits per heavy atom. The van der Waals surface area contributed by atoms with Gasteiger partial charge in [-0.2, -0.15) is 0 Å². The van der Waals surface area contributed by atoms with E-state index in [9.17, 15) is 18.0 Å². The van der Waals surface area contributed by atoms with Crippen LogP contribution in [0.2, 0.25) is 0 Å². The van der Waals surface area contributed by atoms with Crippen LogP contribution >= 0.6 is 0 Å². The summed E-state index contributed by atoms with van der Waals surface area (Å²) < 4.78 is 31.4. The summed E-state index contributed by atoms with van der Waals surface area (Å²) in [5.41, 5.74) is 0.0120. The van der Waals surface area contributed by atoms with E-state index in [4.69, 9.17) is 4.42 Å². The first-order valence-corrected chi connectivity index (χ1v) is 8.17.